The predicted molar refractivity (Wildman–Crippen MR) is 72.3 cm³/mol. The van der Waals surface area contributed by atoms with E-state index >= 15 is 0 Å². The number of hydrogen-bond donors (Lipinski definition) is 1. The minimum Gasteiger partial charge on any atom is -0.468 e. The Morgan fingerprint density at radius 2 is 2.17 bits per heavy atom. The van der Waals surface area contributed by atoms with Gasteiger partial charge in [0, 0.05) is 12.2 Å². The van der Waals surface area contributed by atoms with Gasteiger partial charge in [-0.2, -0.15) is 0 Å². The van der Waals surface area contributed by atoms with Crippen molar-refractivity contribution in [3.8, 4) is 0 Å². The Balaban J connectivity index is 1.70. The highest BCUT2D eigenvalue weighted by molar-refractivity contribution is 5.15. The van der Waals surface area contributed by atoms with Crippen molar-refractivity contribution < 1.29 is 9.15 Å². The summed E-state index contributed by atoms with van der Waals surface area (Å²) < 4.78 is 11.3. The third-order valence-corrected chi connectivity index (χ3v) is 3.71. The summed E-state index contributed by atoms with van der Waals surface area (Å²) in [6.07, 6.45) is 8.61. The molecule has 0 saturated heterocycles. The standard InChI is InChI=1S/C15H25NO2/c1-2-16-10-15-14(8-9-18-15)12-17-11-13-6-4-3-5-7-13/h8-9,13,16H,2-7,10-12H2,1H3. The molecule has 1 saturated carbocycles. The van der Waals surface area contributed by atoms with E-state index in [0.29, 0.717) is 6.61 Å². The van der Waals surface area contributed by atoms with Gasteiger partial charge >= 0.3 is 0 Å². The first kappa shape index (κ1) is 13.6. The quantitative estimate of drug-likeness (QED) is 0.805. The molecule has 0 atom stereocenters. The van der Waals surface area contributed by atoms with Gasteiger partial charge in [0.15, 0.2) is 0 Å². The first-order valence-electron chi connectivity index (χ1n) is 7.24. The van der Waals surface area contributed by atoms with Crippen LogP contribution >= 0.6 is 0 Å². The fraction of sp³-hybridized carbons (Fsp3) is 0.733. The average molecular weight is 251 g/mol. The van der Waals surface area contributed by atoms with Crippen LogP contribution in [0.5, 0.6) is 0 Å². The van der Waals surface area contributed by atoms with Crippen LogP contribution in [0.4, 0.5) is 0 Å². The molecule has 1 aromatic heterocycles. The molecule has 102 valence electrons. The molecule has 0 unspecified atom stereocenters. The zero-order valence-corrected chi connectivity index (χ0v) is 11.4. The Hall–Kier alpha value is -0.800. The molecule has 3 heteroatoms. The largest absolute Gasteiger partial charge is 0.468 e. The van der Waals surface area contributed by atoms with E-state index in [0.717, 1.165) is 31.4 Å². The molecule has 1 heterocycles. The molecule has 0 bridgehead atoms. The van der Waals surface area contributed by atoms with E-state index in [9.17, 15) is 0 Å². The number of ether oxygens (including phenoxy) is 1. The molecule has 18 heavy (non-hydrogen) atoms. The number of hydrogen-bond acceptors (Lipinski definition) is 3. The van der Waals surface area contributed by atoms with Crippen LogP contribution in [-0.4, -0.2) is 13.2 Å². The molecule has 3 nitrogen and oxygen atoms in total. The van der Waals surface area contributed by atoms with Crippen LogP contribution in [0.1, 0.15) is 50.4 Å². The summed E-state index contributed by atoms with van der Waals surface area (Å²) in [5, 5.41) is 3.28. The van der Waals surface area contributed by atoms with Gasteiger partial charge in [0.2, 0.25) is 0 Å². The van der Waals surface area contributed by atoms with Gasteiger partial charge in [0.1, 0.15) is 5.76 Å². The van der Waals surface area contributed by atoms with Crippen LogP contribution in [0.15, 0.2) is 16.7 Å². The van der Waals surface area contributed by atoms with Crippen LogP contribution < -0.4 is 5.32 Å². The molecular formula is C15H25NO2. The zero-order valence-electron chi connectivity index (χ0n) is 11.4. The summed E-state index contributed by atoms with van der Waals surface area (Å²) in [7, 11) is 0. The number of rotatable bonds is 7. The van der Waals surface area contributed by atoms with E-state index in [2.05, 4.69) is 12.2 Å². The Morgan fingerprint density at radius 1 is 1.33 bits per heavy atom. The Bertz CT molecular complexity index is 329. The lowest BCUT2D eigenvalue weighted by Crippen LogP contribution is -2.15. The van der Waals surface area contributed by atoms with Gasteiger partial charge in [-0.1, -0.05) is 26.2 Å². The zero-order chi connectivity index (χ0) is 12.6. The van der Waals surface area contributed by atoms with E-state index in [4.69, 9.17) is 9.15 Å². The highest BCUT2D eigenvalue weighted by atomic mass is 16.5. The molecule has 1 fully saturated rings. The first-order valence-corrected chi connectivity index (χ1v) is 7.24. The highest BCUT2D eigenvalue weighted by Gasteiger charge is 2.14. The average Bonchev–Trinajstić information content (AvgIpc) is 2.85. The summed E-state index contributed by atoms with van der Waals surface area (Å²) in [5.74, 6) is 1.79. The summed E-state index contributed by atoms with van der Waals surface area (Å²) >= 11 is 0. The maximum Gasteiger partial charge on any atom is 0.123 e. The Labute approximate surface area is 110 Å². The molecule has 1 aliphatic carbocycles. The highest BCUT2D eigenvalue weighted by Crippen LogP contribution is 2.24. The summed E-state index contributed by atoms with van der Waals surface area (Å²) in [6.45, 7) is 5.45. The van der Waals surface area contributed by atoms with Gasteiger partial charge in [-0.25, -0.2) is 0 Å². The van der Waals surface area contributed by atoms with Crippen molar-refractivity contribution in [1.82, 2.24) is 5.32 Å². The SMILES string of the molecule is CCNCc1occc1COCC1CCCCC1. The first-order chi connectivity index (χ1) is 8.90. The Morgan fingerprint density at radius 3 is 2.94 bits per heavy atom. The minimum absolute atomic E-state index is 0.688. The third-order valence-electron chi connectivity index (χ3n) is 3.71. The van der Waals surface area contributed by atoms with Gasteiger partial charge in [0.05, 0.1) is 19.4 Å². The molecule has 2 rings (SSSR count). The smallest absolute Gasteiger partial charge is 0.123 e. The van der Waals surface area contributed by atoms with Crippen molar-refractivity contribution in [2.24, 2.45) is 5.92 Å². The predicted octanol–water partition coefficient (Wildman–Crippen LogP) is 3.49. The van der Waals surface area contributed by atoms with Crippen LogP contribution in [0.2, 0.25) is 0 Å². The van der Waals surface area contributed by atoms with Crippen molar-refractivity contribution in [3.05, 3.63) is 23.7 Å². The van der Waals surface area contributed by atoms with E-state index in [1.807, 2.05) is 6.07 Å². The molecule has 1 aliphatic rings. The molecule has 1 aromatic rings. The normalized spacial score (nSPS) is 17.2. The van der Waals surface area contributed by atoms with Crippen molar-refractivity contribution in [2.45, 2.75) is 52.2 Å². The van der Waals surface area contributed by atoms with Crippen LogP contribution in [0.25, 0.3) is 0 Å². The Kier molecular flexibility index (Phi) is 5.75. The molecule has 0 aromatic carbocycles. The van der Waals surface area contributed by atoms with Crippen LogP contribution in [-0.2, 0) is 17.9 Å². The molecule has 0 amide bonds. The lowest BCUT2D eigenvalue weighted by Gasteiger charge is -2.21. The molecule has 0 spiro atoms. The maximum absolute atomic E-state index is 5.85. The van der Waals surface area contributed by atoms with Crippen molar-refractivity contribution in [2.75, 3.05) is 13.2 Å². The fourth-order valence-corrected chi connectivity index (χ4v) is 2.58. The van der Waals surface area contributed by atoms with E-state index in [1.165, 1.54) is 37.7 Å². The van der Waals surface area contributed by atoms with Crippen molar-refractivity contribution in [3.63, 3.8) is 0 Å². The van der Waals surface area contributed by atoms with Gasteiger partial charge in [0.25, 0.3) is 0 Å². The summed E-state index contributed by atoms with van der Waals surface area (Å²) in [4.78, 5) is 0. The second-order valence-corrected chi connectivity index (χ2v) is 5.17. The topological polar surface area (TPSA) is 34.4 Å². The third kappa shape index (κ3) is 4.14. The second-order valence-electron chi connectivity index (χ2n) is 5.17. The van der Waals surface area contributed by atoms with E-state index in [-0.39, 0.29) is 0 Å². The van der Waals surface area contributed by atoms with Crippen LogP contribution in [0.3, 0.4) is 0 Å². The molecule has 0 radical (unpaired) electrons. The van der Waals surface area contributed by atoms with Gasteiger partial charge < -0.3 is 14.5 Å². The fourth-order valence-electron chi connectivity index (χ4n) is 2.58. The van der Waals surface area contributed by atoms with Gasteiger partial charge in [-0.3, -0.25) is 0 Å². The second kappa shape index (κ2) is 7.59. The summed E-state index contributed by atoms with van der Waals surface area (Å²) in [5.41, 5.74) is 1.19. The molecule has 1 N–H and O–H groups in total. The van der Waals surface area contributed by atoms with Gasteiger partial charge in [-0.15, -0.1) is 0 Å². The van der Waals surface area contributed by atoms with Crippen LogP contribution in [0, 0.1) is 5.92 Å². The maximum atomic E-state index is 5.85. The minimum atomic E-state index is 0.688. The lowest BCUT2D eigenvalue weighted by molar-refractivity contribution is 0.0730. The van der Waals surface area contributed by atoms with Gasteiger partial charge in [-0.05, 0) is 31.4 Å². The van der Waals surface area contributed by atoms with E-state index in [1.54, 1.807) is 6.26 Å². The summed E-state index contributed by atoms with van der Waals surface area (Å²) in [6, 6.07) is 2.02. The number of furan rings is 1. The van der Waals surface area contributed by atoms with Crippen molar-refractivity contribution in [1.29, 1.82) is 0 Å². The molecular weight excluding hydrogens is 226 g/mol. The van der Waals surface area contributed by atoms with Crippen molar-refractivity contribution >= 4 is 0 Å². The van der Waals surface area contributed by atoms with E-state index < -0.39 is 0 Å². The number of nitrogens with one attached hydrogen (secondary N) is 1. The lowest BCUT2D eigenvalue weighted by atomic mass is 9.90. The monoisotopic (exact) mass is 251 g/mol. The molecule has 0 aliphatic heterocycles.